The molecule has 3 rings (SSSR count). The number of thioether (sulfide) groups is 1. The zero-order chi connectivity index (χ0) is 20.3. The first kappa shape index (κ1) is 20.1. The lowest BCUT2D eigenvalue weighted by Crippen LogP contribution is -2.36. The summed E-state index contributed by atoms with van der Waals surface area (Å²) in [5.74, 6) is 2.37. The molecule has 1 amide bonds. The van der Waals surface area contributed by atoms with Crippen molar-refractivity contribution in [1.82, 2.24) is 14.5 Å². The minimum absolute atomic E-state index is 0.0568. The van der Waals surface area contributed by atoms with Gasteiger partial charge < -0.3 is 19.1 Å². The number of ether oxygens (including phenoxy) is 3. The Morgan fingerprint density at radius 3 is 2.46 bits per heavy atom. The number of amides is 1. The Morgan fingerprint density at radius 1 is 1.14 bits per heavy atom. The van der Waals surface area contributed by atoms with E-state index in [1.54, 1.807) is 51.0 Å². The first-order chi connectivity index (χ1) is 13.5. The van der Waals surface area contributed by atoms with Crippen LogP contribution in [0.25, 0.3) is 0 Å². The molecule has 1 aliphatic rings. The number of rotatable bonds is 6. The molecule has 1 aromatic heterocycles. The number of benzene rings is 1. The van der Waals surface area contributed by atoms with Crippen molar-refractivity contribution in [3.8, 4) is 17.2 Å². The molecule has 1 atom stereocenters. The van der Waals surface area contributed by atoms with E-state index in [0.717, 1.165) is 11.3 Å². The molecule has 1 unspecified atom stereocenters. The Bertz CT molecular complexity index is 930. The van der Waals surface area contributed by atoms with Gasteiger partial charge in [0.1, 0.15) is 17.7 Å². The molecule has 150 valence electrons. The van der Waals surface area contributed by atoms with Gasteiger partial charge >= 0.3 is 0 Å². The van der Waals surface area contributed by atoms with Crippen LogP contribution in [0.1, 0.15) is 16.6 Å². The van der Waals surface area contributed by atoms with E-state index < -0.39 is 0 Å². The SMILES string of the molecule is COc1cc(OC)c(C2SCCN2C(=O)Cn2cnc(C)cc2=O)cc1OC. The van der Waals surface area contributed by atoms with Crippen LogP contribution in [0, 0.1) is 6.92 Å². The van der Waals surface area contributed by atoms with Crippen LogP contribution in [-0.4, -0.2) is 54.0 Å². The summed E-state index contributed by atoms with van der Waals surface area (Å²) < 4.78 is 17.6. The van der Waals surface area contributed by atoms with Crippen molar-refractivity contribution in [2.75, 3.05) is 33.6 Å². The Morgan fingerprint density at radius 2 is 1.82 bits per heavy atom. The van der Waals surface area contributed by atoms with Gasteiger partial charge in [0.05, 0.1) is 27.7 Å². The minimum atomic E-state index is -0.243. The largest absolute Gasteiger partial charge is 0.496 e. The first-order valence-corrected chi connectivity index (χ1v) is 9.77. The maximum Gasteiger partial charge on any atom is 0.253 e. The second-order valence-corrected chi connectivity index (χ2v) is 7.44. The number of aryl methyl sites for hydroxylation is 1. The third kappa shape index (κ3) is 3.94. The highest BCUT2D eigenvalue weighted by molar-refractivity contribution is 7.99. The molecule has 0 bridgehead atoms. The summed E-state index contributed by atoms with van der Waals surface area (Å²) in [6.45, 7) is 2.27. The van der Waals surface area contributed by atoms with E-state index in [1.165, 1.54) is 17.0 Å². The molecule has 0 N–H and O–H groups in total. The number of aromatic nitrogens is 2. The molecule has 2 aromatic rings. The minimum Gasteiger partial charge on any atom is -0.496 e. The summed E-state index contributed by atoms with van der Waals surface area (Å²) in [6, 6.07) is 5.01. The number of carbonyl (C=O) groups is 1. The van der Waals surface area contributed by atoms with Gasteiger partial charge in [-0.3, -0.25) is 14.2 Å². The highest BCUT2D eigenvalue weighted by atomic mass is 32.2. The summed E-state index contributed by atoms with van der Waals surface area (Å²) in [4.78, 5) is 30.9. The maximum absolute atomic E-state index is 12.9. The second-order valence-electron chi connectivity index (χ2n) is 6.26. The fourth-order valence-corrected chi connectivity index (χ4v) is 4.39. The first-order valence-electron chi connectivity index (χ1n) is 8.72. The van der Waals surface area contributed by atoms with Crippen LogP contribution in [0.15, 0.2) is 29.3 Å². The van der Waals surface area contributed by atoms with Gasteiger partial charge in [-0.25, -0.2) is 4.98 Å². The number of methoxy groups -OCH3 is 3. The molecular formula is C19H23N3O5S. The summed E-state index contributed by atoms with van der Waals surface area (Å²) >= 11 is 1.64. The highest BCUT2D eigenvalue weighted by Gasteiger charge is 2.33. The lowest BCUT2D eigenvalue weighted by atomic mass is 10.1. The molecule has 0 saturated carbocycles. The lowest BCUT2D eigenvalue weighted by Gasteiger charge is -2.26. The Labute approximate surface area is 167 Å². The molecule has 0 aliphatic carbocycles. The molecule has 1 aromatic carbocycles. The maximum atomic E-state index is 12.9. The van der Waals surface area contributed by atoms with E-state index >= 15 is 0 Å². The molecule has 0 radical (unpaired) electrons. The lowest BCUT2D eigenvalue weighted by molar-refractivity contribution is -0.132. The normalized spacial score (nSPS) is 16.1. The molecule has 9 heteroatoms. The standard InChI is InChI=1S/C19H23N3O5S/c1-12-7-17(23)21(11-20-12)10-18(24)22-5-6-28-19(22)13-8-15(26-3)16(27-4)9-14(13)25-2/h7-9,11,19H,5-6,10H2,1-4H3. The Balaban J connectivity index is 1.90. The molecule has 0 spiro atoms. The average molecular weight is 405 g/mol. The highest BCUT2D eigenvalue weighted by Crippen LogP contribution is 2.46. The topological polar surface area (TPSA) is 82.9 Å². The van der Waals surface area contributed by atoms with Gasteiger partial charge in [-0.1, -0.05) is 0 Å². The predicted molar refractivity (Wildman–Crippen MR) is 106 cm³/mol. The summed E-state index contributed by atoms with van der Waals surface area (Å²) in [5.41, 5.74) is 1.21. The van der Waals surface area contributed by atoms with Crippen molar-refractivity contribution in [3.63, 3.8) is 0 Å². The van der Waals surface area contributed by atoms with Gasteiger partial charge in [0.2, 0.25) is 5.91 Å². The van der Waals surface area contributed by atoms with E-state index in [4.69, 9.17) is 14.2 Å². The van der Waals surface area contributed by atoms with Crippen molar-refractivity contribution >= 4 is 17.7 Å². The zero-order valence-corrected chi connectivity index (χ0v) is 17.1. The smallest absolute Gasteiger partial charge is 0.253 e. The quantitative estimate of drug-likeness (QED) is 0.725. The van der Waals surface area contributed by atoms with E-state index in [9.17, 15) is 9.59 Å². The average Bonchev–Trinajstić information content (AvgIpc) is 3.18. The van der Waals surface area contributed by atoms with Gasteiger partial charge in [0, 0.05) is 35.7 Å². The Kier molecular flexibility index (Phi) is 6.13. The van der Waals surface area contributed by atoms with Crippen molar-refractivity contribution < 1.29 is 19.0 Å². The van der Waals surface area contributed by atoms with Crippen LogP contribution in [0.5, 0.6) is 17.2 Å². The number of carbonyl (C=O) groups excluding carboxylic acids is 1. The predicted octanol–water partition coefficient (Wildman–Crippen LogP) is 1.85. The van der Waals surface area contributed by atoms with Crippen LogP contribution in [0.2, 0.25) is 0 Å². The van der Waals surface area contributed by atoms with Gasteiger partial charge in [0.15, 0.2) is 11.5 Å². The summed E-state index contributed by atoms with van der Waals surface area (Å²) in [6.07, 6.45) is 1.41. The molecule has 2 heterocycles. The van der Waals surface area contributed by atoms with E-state index in [1.807, 2.05) is 6.07 Å². The number of hydrogen-bond donors (Lipinski definition) is 0. The van der Waals surface area contributed by atoms with Crippen LogP contribution in [0.3, 0.4) is 0 Å². The van der Waals surface area contributed by atoms with E-state index in [-0.39, 0.29) is 23.4 Å². The van der Waals surface area contributed by atoms with E-state index in [2.05, 4.69) is 4.98 Å². The molecule has 28 heavy (non-hydrogen) atoms. The third-order valence-electron chi connectivity index (χ3n) is 4.54. The fraction of sp³-hybridized carbons (Fsp3) is 0.421. The molecule has 1 aliphatic heterocycles. The third-order valence-corrected chi connectivity index (χ3v) is 5.78. The van der Waals surface area contributed by atoms with Crippen molar-refractivity contribution in [1.29, 1.82) is 0 Å². The van der Waals surface area contributed by atoms with Crippen molar-refractivity contribution in [2.45, 2.75) is 18.8 Å². The summed E-state index contributed by atoms with van der Waals surface area (Å²) in [7, 11) is 4.70. The molecular weight excluding hydrogens is 382 g/mol. The number of hydrogen-bond acceptors (Lipinski definition) is 7. The monoisotopic (exact) mass is 405 g/mol. The summed E-state index contributed by atoms with van der Waals surface area (Å²) in [5, 5.41) is -0.239. The Hall–Kier alpha value is -2.68. The van der Waals surface area contributed by atoms with Crippen molar-refractivity contribution in [3.05, 3.63) is 46.1 Å². The van der Waals surface area contributed by atoms with E-state index in [0.29, 0.717) is 29.5 Å². The van der Waals surface area contributed by atoms with Crippen LogP contribution in [0.4, 0.5) is 0 Å². The zero-order valence-electron chi connectivity index (χ0n) is 16.3. The van der Waals surface area contributed by atoms with Gasteiger partial charge in [-0.05, 0) is 13.0 Å². The van der Waals surface area contributed by atoms with Crippen LogP contribution < -0.4 is 19.8 Å². The van der Waals surface area contributed by atoms with Crippen LogP contribution >= 0.6 is 11.8 Å². The number of nitrogens with zero attached hydrogens (tertiary/aromatic N) is 3. The molecule has 1 saturated heterocycles. The molecule has 1 fully saturated rings. The molecule has 8 nitrogen and oxygen atoms in total. The van der Waals surface area contributed by atoms with Gasteiger partial charge in [-0.15, -0.1) is 11.8 Å². The van der Waals surface area contributed by atoms with Gasteiger partial charge in [-0.2, -0.15) is 0 Å². The second kappa shape index (κ2) is 8.55. The van der Waals surface area contributed by atoms with Crippen LogP contribution in [-0.2, 0) is 11.3 Å². The fourth-order valence-electron chi connectivity index (χ4n) is 3.10. The van der Waals surface area contributed by atoms with Gasteiger partial charge in [0.25, 0.3) is 5.56 Å². The van der Waals surface area contributed by atoms with Crippen molar-refractivity contribution in [2.24, 2.45) is 0 Å².